The maximum absolute atomic E-state index is 6.22. The number of fused-ring (bicyclic) bond motifs is 1. The highest BCUT2D eigenvalue weighted by Crippen LogP contribution is 2.48. The molecule has 1 aliphatic carbocycles. The number of nitrogens with two attached hydrogens (primary N) is 1. The molecule has 16 heavy (non-hydrogen) atoms. The van der Waals surface area contributed by atoms with Crippen LogP contribution >= 0.6 is 12.4 Å². The quantitative estimate of drug-likeness (QED) is 0.755. The van der Waals surface area contributed by atoms with Crippen molar-refractivity contribution in [1.82, 2.24) is 0 Å². The number of hydrogen-bond acceptors (Lipinski definition) is 2. The molecule has 2 N–H and O–H groups in total. The molecule has 1 atom stereocenters. The molecule has 1 spiro atoms. The number of rotatable bonds is 0. The molecule has 0 aromatic heterocycles. The molecule has 1 unspecified atom stereocenters. The van der Waals surface area contributed by atoms with Gasteiger partial charge in [0.2, 0.25) is 0 Å². The van der Waals surface area contributed by atoms with Crippen molar-refractivity contribution in [1.29, 1.82) is 0 Å². The largest absolute Gasteiger partial charge is 0.487 e. The Hall–Kier alpha value is -0.730. The molecule has 88 valence electrons. The molecule has 2 aliphatic rings. The van der Waals surface area contributed by atoms with E-state index in [4.69, 9.17) is 10.5 Å². The summed E-state index contributed by atoms with van der Waals surface area (Å²) in [5.41, 5.74) is 8.75. The highest BCUT2D eigenvalue weighted by Gasteiger charge is 2.44. The molecule has 0 amide bonds. The molecule has 1 fully saturated rings. The van der Waals surface area contributed by atoms with Crippen LogP contribution in [0.3, 0.4) is 0 Å². The van der Waals surface area contributed by atoms with Gasteiger partial charge in [-0.15, -0.1) is 12.4 Å². The van der Waals surface area contributed by atoms with Crippen molar-refractivity contribution < 1.29 is 4.74 Å². The van der Waals surface area contributed by atoms with Crippen molar-refractivity contribution in [2.75, 3.05) is 0 Å². The van der Waals surface area contributed by atoms with Crippen molar-refractivity contribution in [3.05, 3.63) is 29.3 Å². The molecule has 1 saturated carbocycles. The van der Waals surface area contributed by atoms with Crippen molar-refractivity contribution in [2.45, 2.75) is 44.2 Å². The minimum Gasteiger partial charge on any atom is -0.487 e. The van der Waals surface area contributed by atoms with Gasteiger partial charge in [-0.05, 0) is 32.3 Å². The lowest BCUT2D eigenvalue weighted by atomic mass is 9.73. The van der Waals surface area contributed by atoms with Crippen LogP contribution in [0.5, 0.6) is 5.75 Å². The SMILES string of the molecule is Cc1ccc2c(c1)C(N)CC1(CCC1)O2.Cl. The average molecular weight is 240 g/mol. The van der Waals surface area contributed by atoms with Gasteiger partial charge in [-0.2, -0.15) is 0 Å². The second kappa shape index (κ2) is 3.94. The van der Waals surface area contributed by atoms with Crippen LogP contribution in [0.25, 0.3) is 0 Å². The Balaban J connectivity index is 0.000000963. The Morgan fingerprint density at radius 1 is 1.38 bits per heavy atom. The van der Waals surface area contributed by atoms with Crippen LogP contribution < -0.4 is 10.5 Å². The van der Waals surface area contributed by atoms with E-state index in [1.54, 1.807) is 0 Å². The lowest BCUT2D eigenvalue weighted by Crippen LogP contribution is -2.48. The number of aryl methyl sites for hydroxylation is 1. The minimum atomic E-state index is 0. The molecular formula is C13H18ClNO. The van der Waals surface area contributed by atoms with Gasteiger partial charge in [0, 0.05) is 18.0 Å². The zero-order valence-corrected chi connectivity index (χ0v) is 10.3. The predicted molar refractivity (Wildman–Crippen MR) is 67.2 cm³/mol. The third kappa shape index (κ3) is 1.70. The van der Waals surface area contributed by atoms with E-state index in [1.807, 2.05) is 0 Å². The number of hydrogen-bond donors (Lipinski definition) is 1. The van der Waals surface area contributed by atoms with E-state index in [-0.39, 0.29) is 24.0 Å². The molecule has 0 bridgehead atoms. The predicted octanol–water partition coefficient (Wildman–Crippen LogP) is 3.12. The van der Waals surface area contributed by atoms with Gasteiger partial charge < -0.3 is 10.5 Å². The van der Waals surface area contributed by atoms with Crippen LogP contribution in [0.15, 0.2) is 18.2 Å². The van der Waals surface area contributed by atoms with Crippen LogP contribution in [0.2, 0.25) is 0 Å². The molecular weight excluding hydrogens is 222 g/mol. The summed E-state index contributed by atoms with van der Waals surface area (Å²) in [5, 5.41) is 0. The summed E-state index contributed by atoms with van der Waals surface area (Å²) in [5.74, 6) is 1.01. The molecule has 0 radical (unpaired) electrons. The third-order valence-electron chi connectivity index (χ3n) is 3.75. The van der Waals surface area contributed by atoms with E-state index < -0.39 is 0 Å². The van der Waals surface area contributed by atoms with Gasteiger partial charge in [0.25, 0.3) is 0 Å². The fourth-order valence-corrected chi connectivity index (χ4v) is 2.71. The van der Waals surface area contributed by atoms with Crippen molar-refractivity contribution in [2.24, 2.45) is 5.73 Å². The standard InChI is InChI=1S/C13H17NO.ClH/c1-9-3-4-12-10(7-9)11(14)8-13(15-12)5-2-6-13;/h3-4,7,11H,2,5-6,8,14H2,1H3;1H. The number of ether oxygens (including phenoxy) is 1. The molecule has 1 aromatic rings. The van der Waals surface area contributed by atoms with E-state index in [9.17, 15) is 0 Å². The monoisotopic (exact) mass is 239 g/mol. The Kier molecular flexibility index (Phi) is 2.89. The minimum absolute atomic E-state index is 0. The van der Waals surface area contributed by atoms with Gasteiger partial charge in [-0.25, -0.2) is 0 Å². The normalized spacial score (nSPS) is 25.0. The molecule has 1 heterocycles. The molecule has 0 saturated heterocycles. The third-order valence-corrected chi connectivity index (χ3v) is 3.75. The summed E-state index contributed by atoms with van der Waals surface area (Å²) >= 11 is 0. The molecule has 1 aromatic carbocycles. The highest BCUT2D eigenvalue weighted by molar-refractivity contribution is 5.85. The number of halogens is 1. The summed E-state index contributed by atoms with van der Waals surface area (Å²) < 4.78 is 6.10. The Labute approximate surface area is 103 Å². The Bertz CT molecular complexity index is 401. The second-order valence-electron chi connectivity index (χ2n) is 4.99. The smallest absolute Gasteiger partial charge is 0.124 e. The topological polar surface area (TPSA) is 35.2 Å². The van der Waals surface area contributed by atoms with E-state index in [0.717, 1.165) is 12.2 Å². The summed E-state index contributed by atoms with van der Waals surface area (Å²) in [7, 11) is 0. The summed E-state index contributed by atoms with van der Waals surface area (Å²) in [6.07, 6.45) is 4.62. The van der Waals surface area contributed by atoms with Gasteiger partial charge in [0.15, 0.2) is 0 Å². The first kappa shape index (κ1) is 11.7. The fourth-order valence-electron chi connectivity index (χ4n) is 2.71. The zero-order chi connectivity index (χ0) is 10.5. The summed E-state index contributed by atoms with van der Waals surface area (Å²) in [6, 6.07) is 6.49. The lowest BCUT2D eigenvalue weighted by molar-refractivity contribution is -0.0329. The highest BCUT2D eigenvalue weighted by atomic mass is 35.5. The maximum Gasteiger partial charge on any atom is 0.124 e. The van der Waals surface area contributed by atoms with Gasteiger partial charge in [-0.1, -0.05) is 17.7 Å². The molecule has 3 heteroatoms. The van der Waals surface area contributed by atoms with E-state index in [0.29, 0.717) is 0 Å². The van der Waals surface area contributed by atoms with Crippen LogP contribution in [-0.2, 0) is 0 Å². The van der Waals surface area contributed by atoms with Gasteiger partial charge in [0.05, 0.1) is 0 Å². The second-order valence-corrected chi connectivity index (χ2v) is 4.99. The Morgan fingerprint density at radius 2 is 2.12 bits per heavy atom. The van der Waals surface area contributed by atoms with Gasteiger partial charge >= 0.3 is 0 Å². The molecule has 2 nitrogen and oxygen atoms in total. The number of benzene rings is 1. The maximum atomic E-state index is 6.22. The van der Waals surface area contributed by atoms with E-state index in [1.165, 1.54) is 30.4 Å². The van der Waals surface area contributed by atoms with Crippen molar-refractivity contribution in [3.8, 4) is 5.75 Å². The zero-order valence-electron chi connectivity index (χ0n) is 9.53. The first-order chi connectivity index (χ1) is 7.19. The average Bonchev–Trinajstić information content (AvgIpc) is 2.16. The fraction of sp³-hybridized carbons (Fsp3) is 0.538. The van der Waals surface area contributed by atoms with Gasteiger partial charge in [0.1, 0.15) is 11.4 Å². The lowest BCUT2D eigenvalue weighted by Gasteiger charge is -2.47. The molecule has 1 aliphatic heterocycles. The summed E-state index contributed by atoms with van der Waals surface area (Å²) in [6.45, 7) is 2.10. The molecule has 3 rings (SSSR count). The first-order valence-electron chi connectivity index (χ1n) is 5.74. The van der Waals surface area contributed by atoms with Gasteiger partial charge in [-0.3, -0.25) is 0 Å². The van der Waals surface area contributed by atoms with Crippen LogP contribution in [0.4, 0.5) is 0 Å². The summed E-state index contributed by atoms with van der Waals surface area (Å²) in [4.78, 5) is 0. The van der Waals surface area contributed by atoms with Crippen LogP contribution in [0.1, 0.15) is 42.9 Å². The van der Waals surface area contributed by atoms with E-state index >= 15 is 0 Å². The van der Waals surface area contributed by atoms with Crippen LogP contribution in [-0.4, -0.2) is 5.60 Å². The Morgan fingerprint density at radius 3 is 2.75 bits per heavy atom. The van der Waals surface area contributed by atoms with Crippen molar-refractivity contribution in [3.63, 3.8) is 0 Å². The van der Waals surface area contributed by atoms with E-state index in [2.05, 4.69) is 25.1 Å². The van der Waals surface area contributed by atoms with Crippen molar-refractivity contribution >= 4 is 12.4 Å². The van der Waals surface area contributed by atoms with Crippen LogP contribution in [0, 0.1) is 6.92 Å². The first-order valence-corrected chi connectivity index (χ1v) is 5.74.